The predicted octanol–water partition coefficient (Wildman–Crippen LogP) is 1.27. The van der Waals surface area contributed by atoms with Crippen LogP contribution in [0.3, 0.4) is 0 Å². The molecule has 2 aromatic rings. The topological polar surface area (TPSA) is 50.9 Å². The molecule has 2 heterocycles. The van der Waals surface area contributed by atoms with E-state index in [0.717, 1.165) is 5.01 Å². The maximum absolute atomic E-state index is 9.89. The Bertz CT molecular complexity index is 394. The molecule has 0 saturated carbocycles. The van der Waals surface area contributed by atoms with E-state index in [4.69, 9.17) is 0 Å². The van der Waals surface area contributed by atoms with Crippen LogP contribution in [0.15, 0.2) is 17.6 Å². The van der Waals surface area contributed by atoms with Crippen LogP contribution in [0.5, 0.6) is 0 Å². The van der Waals surface area contributed by atoms with Crippen LogP contribution in [0.2, 0.25) is 0 Å². The van der Waals surface area contributed by atoms with Crippen molar-refractivity contribution < 1.29 is 5.11 Å². The zero-order valence-electron chi connectivity index (χ0n) is 8.01. The monoisotopic (exact) mass is 209 g/mol. The van der Waals surface area contributed by atoms with Crippen LogP contribution in [-0.4, -0.2) is 19.9 Å². The van der Waals surface area contributed by atoms with Gasteiger partial charge >= 0.3 is 0 Å². The van der Waals surface area contributed by atoms with Crippen LogP contribution >= 0.6 is 11.3 Å². The number of nitrogens with zero attached hydrogens (tertiary/aromatic N) is 3. The molecule has 14 heavy (non-hydrogen) atoms. The zero-order chi connectivity index (χ0) is 10.1. The van der Waals surface area contributed by atoms with Crippen LogP contribution in [0, 0.1) is 6.92 Å². The Morgan fingerprint density at radius 3 is 2.79 bits per heavy atom. The van der Waals surface area contributed by atoms with Gasteiger partial charge in [-0.05, 0) is 13.0 Å². The molecule has 0 aromatic carbocycles. The van der Waals surface area contributed by atoms with Gasteiger partial charge in [0.15, 0.2) is 0 Å². The van der Waals surface area contributed by atoms with E-state index in [0.29, 0.717) is 11.4 Å². The lowest BCUT2D eigenvalue weighted by Crippen LogP contribution is -2.02. The lowest BCUT2D eigenvalue weighted by atomic mass is 10.2. The average molecular weight is 209 g/mol. The van der Waals surface area contributed by atoms with E-state index in [9.17, 15) is 5.11 Å². The largest absolute Gasteiger partial charge is 0.380 e. The molecule has 0 amide bonds. The van der Waals surface area contributed by atoms with Gasteiger partial charge in [-0.25, -0.2) is 4.98 Å². The lowest BCUT2D eigenvalue weighted by Gasteiger charge is -2.02. The summed E-state index contributed by atoms with van der Waals surface area (Å²) in [6.45, 7) is 1.92. The fourth-order valence-corrected chi connectivity index (χ4v) is 1.87. The Kier molecular flexibility index (Phi) is 2.35. The molecule has 0 bridgehead atoms. The zero-order valence-corrected chi connectivity index (χ0v) is 8.82. The number of aryl methyl sites for hydroxylation is 2. The van der Waals surface area contributed by atoms with E-state index in [2.05, 4.69) is 10.1 Å². The summed E-state index contributed by atoms with van der Waals surface area (Å²) in [4.78, 5) is 4.22. The first-order chi connectivity index (χ1) is 6.66. The van der Waals surface area contributed by atoms with E-state index in [1.807, 2.05) is 19.4 Å². The first-order valence-corrected chi connectivity index (χ1v) is 5.14. The Morgan fingerprint density at radius 2 is 2.29 bits per heavy atom. The minimum absolute atomic E-state index is 0.637. The van der Waals surface area contributed by atoms with Crippen molar-refractivity contribution in [3.05, 3.63) is 34.0 Å². The average Bonchev–Trinajstić information content (AvgIpc) is 2.73. The molecule has 0 spiro atoms. The maximum Gasteiger partial charge on any atom is 0.140 e. The smallest absolute Gasteiger partial charge is 0.140 e. The van der Waals surface area contributed by atoms with Crippen molar-refractivity contribution in [1.82, 2.24) is 14.8 Å². The van der Waals surface area contributed by atoms with Crippen molar-refractivity contribution in [2.24, 2.45) is 7.05 Å². The predicted molar refractivity (Wildman–Crippen MR) is 54.1 cm³/mol. The molecule has 2 aromatic heterocycles. The molecule has 0 saturated heterocycles. The highest BCUT2D eigenvalue weighted by Gasteiger charge is 2.15. The van der Waals surface area contributed by atoms with Crippen molar-refractivity contribution in [1.29, 1.82) is 0 Å². The summed E-state index contributed by atoms with van der Waals surface area (Å²) in [7, 11) is 1.82. The van der Waals surface area contributed by atoms with Gasteiger partial charge in [-0.1, -0.05) is 0 Å². The normalized spacial score (nSPS) is 13.1. The number of rotatable bonds is 2. The van der Waals surface area contributed by atoms with E-state index < -0.39 is 6.10 Å². The molecule has 74 valence electrons. The Labute approximate surface area is 85.8 Å². The SMILES string of the molecule is Cc1nc(C(O)c2ccn(C)n2)cs1. The van der Waals surface area contributed by atoms with Crippen molar-refractivity contribution >= 4 is 11.3 Å². The minimum Gasteiger partial charge on any atom is -0.380 e. The molecule has 0 radical (unpaired) electrons. The molecule has 2 rings (SSSR count). The van der Waals surface area contributed by atoms with Crippen molar-refractivity contribution in [2.45, 2.75) is 13.0 Å². The summed E-state index contributed by atoms with van der Waals surface area (Å²) >= 11 is 1.53. The number of thiazole rings is 1. The third-order valence-electron chi connectivity index (χ3n) is 1.93. The highest BCUT2D eigenvalue weighted by Crippen LogP contribution is 2.21. The molecule has 0 aliphatic carbocycles. The minimum atomic E-state index is -0.707. The first-order valence-electron chi connectivity index (χ1n) is 4.26. The Morgan fingerprint density at radius 1 is 1.50 bits per heavy atom. The number of hydrogen-bond donors (Lipinski definition) is 1. The third kappa shape index (κ3) is 1.69. The number of hydrogen-bond acceptors (Lipinski definition) is 4. The summed E-state index contributed by atoms with van der Waals surface area (Å²) in [5, 5.41) is 16.8. The highest BCUT2D eigenvalue weighted by molar-refractivity contribution is 7.09. The van der Waals surface area contributed by atoms with Gasteiger partial charge in [-0.2, -0.15) is 5.10 Å². The van der Waals surface area contributed by atoms with E-state index in [-0.39, 0.29) is 0 Å². The van der Waals surface area contributed by atoms with Gasteiger partial charge in [0.2, 0.25) is 0 Å². The quantitative estimate of drug-likeness (QED) is 0.810. The first kappa shape index (κ1) is 9.36. The van der Waals surface area contributed by atoms with E-state index in [1.54, 1.807) is 16.9 Å². The van der Waals surface area contributed by atoms with Crippen molar-refractivity contribution in [3.63, 3.8) is 0 Å². The Hall–Kier alpha value is -1.20. The molecule has 5 heteroatoms. The van der Waals surface area contributed by atoms with Gasteiger partial charge in [0.25, 0.3) is 0 Å². The van der Waals surface area contributed by atoms with Crippen LogP contribution in [0.4, 0.5) is 0 Å². The van der Waals surface area contributed by atoms with Gasteiger partial charge in [-0.3, -0.25) is 4.68 Å². The highest BCUT2D eigenvalue weighted by atomic mass is 32.1. The molecule has 1 unspecified atom stereocenters. The molecule has 1 atom stereocenters. The van der Waals surface area contributed by atoms with E-state index >= 15 is 0 Å². The number of aliphatic hydroxyl groups is 1. The Balaban J connectivity index is 2.28. The molecule has 0 aliphatic heterocycles. The van der Waals surface area contributed by atoms with Gasteiger partial charge in [0.1, 0.15) is 6.10 Å². The second-order valence-electron chi connectivity index (χ2n) is 3.11. The van der Waals surface area contributed by atoms with Gasteiger partial charge < -0.3 is 5.11 Å². The number of aliphatic hydroxyl groups excluding tert-OH is 1. The second-order valence-corrected chi connectivity index (χ2v) is 4.17. The molecule has 4 nitrogen and oxygen atoms in total. The van der Waals surface area contributed by atoms with Gasteiger partial charge in [0.05, 0.1) is 16.4 Å². The summed E-state index contributed by atoms with van der Waals surface area (Å²) in [5.41, 5.74) is 1.31. The van der Waals surface area contributed by atoms with Crippen LogP contribution < -0.4 is 0 Å². The molecule has 1 N–H and O–H groups in total. The van der Waals surface area contributed by atoms with Gasteiger partial charge in [-0.15, -0.1) is 11.3 Å². The fourth-order valence-electron chi connectivity index (χ4n) is 1.24. The summed E-state index contributed by atoms with van der Waals surface area (Å²) in [5.74, 6) is 0. The molecular weight excluding hydrogens is 198 g/mol. The summed E-state index contributed by atoms with van der Waals surface area (Å²) in [6, 6.07) is 1.79. The van der Waals surface area contributed by atoms with E-state index in [1.165, 1.54) is 11.3 Å². The lowest BCUT2D eigenvalue weighted by molar-refractivity contribution is 0.210. The van der Waals surface area contributed by atoms with Crippen molar-refractivity contribution in [3.8, 4) is 0 Å². The van der Waals surface area contributed by atoms with Crippen molar-refractivity contribution in [2.75, 3.05) is 0 Å². The second kappa shape index (κ2) is 3.51. The summed E-state index contributed by atoms with van der Waals surface area (Å²) < 4.78 is 1.66. The molecule has 0 fully saturated rings. The number of aromatic nitrogens is 3. The fraction of sp³-hybridized carbons (Fsp3) is 0.333. The van der Waals surface area contributed by atoms with Crippen LogP contribution in [-0.2, 0) is 7.05 Å². The van der Waals surface area contributed by atoms with Gasteiger partial charge in [0, 0.05) is 18.6 Å². The third-order valence-corrected chi connectivity index (χ3v) is 2.72. The molecular formula is C9H11N3OS. The standard InChI is InChI=1S/C9H11N3OS/c1-6-10-8(5-14-6)9(13)7-3-4-12(2)11-7/h3-5,9,13H,1-2H3. The maximum atomic E-state index is 9.89. The molecule has 0 aliphatic rings. The van der Waals surface area contributed by atoms with Crippen LogP contribution in [0.25, 0.3) is 0 Å². The van der Waals surface area contributed by atoms with Crippen LogP contribution in [0.1, 0.15) is 22.5 Å². The summed E-state index contributed by atoms with van der Waals surface area (Å²) in [6.07, 6.45) is 1.10.